The van der Waals surface area contributed by atoms with Gasteiger partial charge in [-0.3, -0.25) is 19.3 Å². The third kappa shape index (κ3) is 3.01. The number of imide groups is 1. The second-order valence-corrected chi connectivity index (χ2v) is 3.40. The van der Waals surface area contributed by atoms with Crippen molar-refractivity contribution >= 4 is 24.0 Å². The van der Waals surface area contributed by atoms with E-state index in [1.54, 1.807) is 6.92 Å². The fraction of sp³-hybridized carbons (Fsp3) is 0.400. The highest BCUT2D eigenvalue weighted by Gasteiger charge is 2.23. The van der Waals surface area contributed by atoms with Crippen LogP contribution in [0.4, 0.5) is 0 Å². The lowest BCUT2D eigenvalue weighted by Crippen LogP contribution is -2.38. The molecule has 1 heterocycles. The molecule has 6 nitrogen and oxygen atoms in total. The van der Waals surface area contributed by atoms with Crippen LogP contribution in [0.15, 0.2) is 12.2 Å². The number of nitrogens with zero attached hydrogens (tertiary/aromatic N) is 1. The first-order valence-electron chi connectivity index (χ1n) is 4.83. The van der Waals surface area contributed by atoms with Crippen molar-refractivity contribution in [1.29, 1.82) is 0 Å². The molecule has 0 saturated heterocycles. The van der Waals surface area contributed by atoms with E-state index in [0.717, 1.165) is 17.1 Å². The summed E-state index contributed by atoms with van der Waals surface area (Å²) >= 11 is 0. The monoisotopic (exact) mass is 224 g/mol. The largest absolute Gasteiger partial charge is 0.347 e. The number of carbonyl (C=O) groups is 4. The van der Waals surface area contributed by atoms with Crippen molar-refractivity contribution in [3.05, 3.63) is 12.2 Å². The molecular weight excluding hydrogens is 212 g/mol. The second kappa shape index (κ2) is 5.20. The van der Waals surface area contributed by atoms with Crippen LogP contribution in [0.2, 0.25) is 0 Å². The van der Waals surface area contributed by atoms with Gasteiger partial charge in [0.2, 0.25) is 5.91 Å². The Morgan fingerprint density at radius 2 is 2.00 bits per heavy atom. The zero-order chi connectivity index (χ0) is 12.1. The van der Waals surface area contributed by atoms with Crippen molar-refractivity contribution < 1.29 is 19.2 Å². The van der Waals surface area contributed by atoms with Crippen molar-refractivity contribution in [3.63, 3.8) is 0 Å². The van der Waals surface area contributed by atoms with Crippen molar-refractivity contribution in [2.45, 2.75) is 19.4 Å². The van der Waals surface area contributed by atoms with Crippen molar-refractivity contribution in [3.8, 4) is 0 Å². The normalized spacial score (nSPS) is 16.4. The van der Waals surface area contributed by atoms with Crippen LogP contribution in [0, 0.1) is 0 Å². The Morgan fingerprint density at radius 3 is 2.50 bits per heavy atom. The number of rotatable bonds is 5. The van der Waals surface area contributed by atoms with Gasteiger partial charge in [-0.05, 0) is 6.92 Å². The molecule has 16 heavy (non-hydrogen) atoms. The summed E-state index contributed by atoms with van der Waals surface area (Å²) in [6.07, 6.45) is 2.92. The third-order valence-electron chi connectivity index (χ3n) is 2.06. The van der Waals surface area contributed by atoms with Crippen LogP contribution < -0.4 is 5.32 Å². The summed E-state index contributed by atoms with van der Waals surface area (Å²) in [7, 11) is 0. The summed E-state index contributed by atoms with van der Waals surface area (Å²) in [4.78, 5) is 44.7. The summed E-state index contributed by atoms with van der Waals surface area (Å²) in [6, 6.07) is -0.560. The first-order valence-corrected chi connectivity index (χ1v) is 4.83. The van der Waals surface area contributed by atoms with Gasteiger partial charge in [-0.15, -0.1) is 0 Å². The van der Waals surface area contributed by atoms with Crippen LogP contribution in [0.3, 0.4) is 0 Å². The van der Waals surface area contributed by atoms with Crippen molar-refractivity contribution in [1.82, 2.24) is 10.2 Å². The molecule has 0 radical (unpaired) electrons. The Labute approximate surface area is 92.3 Å². The van der Waals surface area contributed by atoms with Crippen LogP contribution in [-0.2, 0) is 19.2 Å². The van der Waals surface area contributed by atoms with E-state index in [-0.39, 0.29) is 18.9 Å². The lowest BCUT2D eigenvalue weighted by atomic mass is 10.3. The van der Waals surface area contributed by atoms with Gasteiger partial charge < -0.3 is 10.1 Å². The van der Waals surface area contributed by atoms with Crippen LogP contribution >= 0.6 is 0 Å². The predicted octanol–water partition coefficient (Wildman–Crippen LogP) is -0.995. The minimum Gasteiger partial charge on any atom is -0.347 e. The number of aldehydes is 1. The van der Waals surface area contributed by atoms with Crippen LogP contribution in [0.25, 0.3) is 0 Å². The molecule has 0 bridgehead atoms. The Balaban J connectivity index is 2.35. The number of hydrogen-bond donors (Lipinski definition) is 1. The number of amides is 3. The molecule has 0 aromatic heterocycles. The summed E-state index contributed by atoms with van der Waals surface area (Å²) in [5, 5.41) is 2.41. The highest BCUT2D eigenvalue weighted by molar-refractivity contribution is 6.13. The maximum absolute atomic E-state index is 11.2. The molecule has 0 unspecified atom stereocenters. The SMILES string of the molecule is C[C@@H](C=O)NC(=O)CCN1C(=O)C=CC1=O. The van der Waals surface area contributed by atoms with E-state index in [4.69, 9.17) is 0 Å². The van der Waals surface area contributed by atoms with Crippen LogP contribution in [0.1, 0.15) is 13.3 Å². The standard InChI is InChI=1S/C10H12N2O4/c1-7(6-13)11-8(14)4-5-12-9(15)2-3-10(12)16/h2-3,6-7H,4-5H2,1H3,(H,11,14)/t7-/m0/s1. The molecule has 0 aromatic rings. The molecule has 3 amide bonds. The van der Waals surface area contributed by atoms with Gasteiger partial charge in [-0.2, -0.15) is 0 Å². The maximum atomic E-state index is 11.2. The molecule has 0 aliphatic carbocycles. The molecule has 0 spiro atoms. The molecule has 1 N–H and O–H groups in total. The van der Waals surface area contributed by atoms with Crippen LogP contribution in [-0.4, -0.2) is 41.5 Å². The average molecular weight is 224 g/mol. The Kier molecular flexibility index (Phi) is 3.93. The van der Waals surface area contributed by atoms with Crippen molar-refractivity contribution in [2.75, 3.05) is 6.54 Å². The van der Waals surface area contributed by atoms with E-state index in [1.165, 1.54) is 0 Å². The van der Waals surface area contributed by atoms with E-state index >= 15 is 0 Å². The van der Waals surface area contributed by atoms with Gasteiger partial charge in [0.15, 0.2) is 0 Å². The molecular formula is C10H12N2O4. The molecule has 6 heteroatoms. The highest BCUT2D eigenvalue weighted by atomic mass is 16.2. The van der Waals surface area contributed by atoms with Gasteiger partial charge in [0, 0.05) is 25.1 Å². The van der Waals surface area contributed by atoms with Gasteiger partial charge in [-0.1, -0.05) is 0 Å². The molecule has 0 aromatic carbocycles. The number of carbonyl (C=O) groups excluding carboxylic acids is 4. The summed E-state index contributed by atoms with van der Waals surface area (Å²) < 4.78 is 0. The van der Waals surface area contributed by atoms with Gasteiger partial charge in [0.1, 0.15) is 6.29 Å². The minimum absolute atomic E-state index is 0.00264. The minimum atomic E-state index is -0.560. The van der Waals surface area contributed by atoms with E-state index < -0.39 is 17.9 Å². The molecule has 86 valence electrons. The summed E-state index contributed by atoms with van der Waals surface area (Å²) in [6.45, 7) is 1.57. The van der Waals surface area contributed by atoms with Gasteiger partial charge in [-0.25, -0.2) is 0 Å². The molecule has 1 atom stereocenters. The van der Waals surface area contributed by atoms with Gasteiger partial charge >= 0.3 is 0 Å². The van der Waals surface area contributed by atoms with Crippen molar-refractivity contribution in [2.24, 2.45) is 0 Å². The number of hydrogen-bond acceptors (Lipinski definition) is 4. The molecule has 1 aliphatic rings. The lowest BCUT2D eigenvalue weighted by Gasteiger charge is -2.13. The third-order valence-corrected chi connectivity index (χ3v) is 2.06. The predicted molar refractivity (Wildman–Crippen MR) is 54.1 cm³/mol. The Morgan fingerprint density at radius 1 is 1.44 bits per heavy atom. The average Bonchev–Trinajstić information content (AvgIpc) is 2.56. The van der Waals surface area contributed by atoms with E-state index in [2.05, 4.69) is 5.32 Å². The molecule has 1 aliphatic heterocycles. The maximum Gasteiger partial charge on any atom is 0.253 e. The first-order chi connectivity index (χ1) is 7.54. The smallest absolute Gasteiger partial charge is 0.253 e. The number of nitrogens with one attached hydrogen (secondary N) is 1. The quantitative estimate of drug-likeness (QED) is 0.480. The summed E-state index contributed by atoms with van der Waals surface area (Å²) in [5.74, 6) is -1.20. The molecule has 1 rings (SSSR count). The Hall–Kier alpha value is -1.98. The summed E-state index contributed by atoms with van der Waals surface area (Å²) in [5.41, 5.74) is 0. The highest BCUT2D eigenvalue weighted by Crippen LogP contribution is 2.03. The fourth-order valence-electron chi connectivity index (χ4n) is 1.22. The second-order valence-electron chi connectivity index (χ2n) is 3.40. The van der Waals surface area contributed by atoms with Gasteiger partial charge in [0.25, 0.3) is 11.8 Å². The topological polar surface area (TPSA) is 83.6 Å². The lowest BCUT2D eigenvalue weighted by molar-refractivity contribution is -0.137. The van der Waals surface area contributed by atoms with Crippen LogP contribution in [0.5, 0.6) is 0 Å². The Bertz CT molecular complexity index is 344. The first kappa shape index (κ1) is 12.1. The van der Waals surface area contributed by atoms with E-state index in [1.807, 2.05) is 0 Å². The zero-order valence-electron chi connectivity index (χ0n) is 8.80. The molecule has 0 saturated carbocycles. The van der Waals surface area contributed by atoms with E-state index in [0.29, 0.717) is 6.29 Å². The zero-order valence-corrected chi connectivity index (χ0v) is 8.80. The van der Waals surface area contributed by atoms with E-state index in [9.17, 15) is 19.2 Å². The fourth-order valence-corrected chi connectivity index (χ4v) is 1.22. The van der Waals surface area contributed by atoms with Gasteiger partial charge in [0.05, 0.1) is 6.04 Å². The molecule has 0 fully saturated rings.